The smallest absolute Gasteiger partial charge is 0.145 e. The number of para-hydroxylation sites is 1. The van der Waals surface area contributed by atoms with Crippen molar-refractivity contribution < 1.29 is 5.11 Å². The van der Waals surface area contributed by atoms with Crippen LogP contribution in [0.3, 0.4) is 0 Å². The van der Waals surface area contributed by atoms with Gasteiger partial charge in [-0.15, -0.1) is 0 Å². The summed E-state index contributed by atoms with van der Waals surface area (Å²) in [5, 5.41) is 14.3. The van der Waals surface area contributed by atoms with Crippen LogP contribution in [-0.4, -0.2) is 28.6 Å². The van der Waals surface area contributed by atoms with Crippen molar-refractivity contribution in [2.45, 2.75) is 0 Å². The van der Waals surface area contributed by atoms with Crippen molar-refractivity contribution in [1.82, 2.24) is 9.88 Å². The lowest BCUT2D eigenvalue weighted by molar-refractivity contribution is 0.481. The highest BCUT2D eigenvalue weighted by Crippen LogP contribution is 2.30. The van der Waals surface area contributed by atoms with Gasteiger partial charge in [0.05, 0.1) is 17.8 Å². The van der Waals surface area contributed by atoms with Crippen LogP contribution in [-0.2, 0) is 0 Å². The largest absolute Gasteiger partial charge is 0.507 e. The molecule has 1 aromatic heterocycles. The fraction of sp³-hybridized carbons (Fsp3) is 0.118. The number of rotatable bonds is 2. The number of aromatic hydroxyl groups is 1. The number of nitrogens with one attached hydrogen (secondary N) is 1. The number of aromatic nitrogens is 1. The Hall–Kier alpha value is -2.75. The van der Waals surface area contributed by atoms with Crippen LogP contribution in [0.15, 0.2) is 59.6 Å². The Morgan fingerprint density at radius 3 is 2.67 bits per heavy atom. The van der Waals surface area contributed by atoms with Crippen molar-refractivity contribution in [1.29, 1.82) is 0 Å². The summed E-state index contributed by atoms with van der Waals surface area (Å²) in [4.78, 5) is 4.52. The number of phenolic OH excluding ortho intramolecular Hbond substituents is 1. The molecule has 0 fully saturated rings. The van der Waals surface area contributed by atoms with Crippen molar-refractivity contribution >= 4 is 16.7 Å². The van der Waals surface area contributed by atoms with E-state index < -0.39 is 0 Å². The molecule has 0 bridgehead atoms. The molecule has 0 atom stereocenters. The Balaban J connectivity index is 2.06. The monoisotopic (exact) mass is 277 g/mol. The summed E-state index contributed by atoms with van der Waals surface area (Å²) in [6.07, 6.45) is 0. The van der Waals surface area contributed by atoms with Gasteiger partial charge in [0.2, 0.25) is 0 Å². The van der Waals surface area contributed by atoms with E-state index in [1.54, 1.807) is 6.07 Å². The fourth-order valence-electron chi connectivity index (χ4n) is 2.81. The van der Waals surface area contributed by atoms with E-state index in [9.17, 15) is 5.11 Å². The molecule has 0 radical (unpaired) electrons. The third-order valence-corrected chi connectivity index (χ3v) is 3.75. The maximum absolute atomic E-state index is 10.1. The van der Waals surface area contributed by atoms with Crippen LogP contribution in [0.1, 0.15) is 5.69 Å². The summed E-state index contributed by atoms with van der Waals surface area (Å²) in [5.41, 5.74) is 3.02. The van der Waals surface area contributed by atoms with Crippen molar-refractivity contribution in [2.75, 3.05) is 13.1 Å². The molecule has 0 unspecified atom stereocenters. The van der Waals surface area contributed by atoms with Crippen molar-refractivity contribution in [2.24, 2.45) is 4.99 Å². The van der Waals surface area contributed by atoms with E-state index in [0.717, 1.165) is 41.2 Å². The summed E-state index contributed by atoms with van der Waals surface area (Å²) < 4.78 is 2.13. The van der Waals surface area contributed by atoms with Crippen LogP contribution in [0.4, 0.5) is 0 Å². The van der Waals surface area contributed by atoms with Crippen LogP contribution >= 0.6 is 0 Å². The Kier molecular flexibility index (Phi) is 2.67. The summed E-state index contributed by atoms with van der Waals surface area (Å²) in [7, 11) is 0. The SMILES string of the molecule is Oc1cccc2c1cc(C1=NCCN1)n2-c1ccccc1. The number of aliphatic imine (C=N–C) groups is 1. The van der Waals surface area contributed by atoms with E-state index in [-0.39, 0.29) is 0 Å². The van der Waals surface area contributed by atoms with Gasteiger partial charge >= 0.3 is 0 Å². The Bertz CT molecular complexity index is 834. The predicted octanol–water partition coefficient (Wildman–Crippen LogP) is 2.69. The number of hydrogen-bond acceptors (Lipinski definition) is 3. The minimum Gasteiger partial charge on any atom is -0.507 e. The molecule has 0 amide bonds. The van der Waals surface area contributed by atoms with E-state index >= 15 is 0 Å². The third kappa shape index (κ3) is 1.88. The van der Waals surface area contributed by atoms with E-state index in [2.05, 4.69) is 27.0 Å². The lowest BCUT2D eigenvalue weighted by Gasteiger charge is -2.11. The first-order valence-electron chi connectivity index (χ1n) is 7.02. The summed E-state index contributed by atoms with van der Waals surface area (Å²) >= 11 is 0. The van der Waals surface area contributed by atoms with Crippen LogP contribution in [0.5, 0.6) is 5.75 Å². The van der Waals surface area contributed by atoms with E-state index in [4.69, 9.17) is 0 Å². The molecule has 0 saturated carbocycles. The molecule has 0 spiro atoms. The van der Waals surface area contributed by atoms with Gasteiger partial charge in [0, 0.05) is 17.6 Å². The molecule has 104 valence electrons. The zero-order valence-electron chi connectivity index (χ0n) is 11.5. The Morgan fingerprint density at radius 2 is 1.90 bits per heavy atom. The Morgan fingerprint density at radius 1 is 1.05 bits per heavy atom. The molecular formula is C17H15N3O. The second-order valence-electron chi connectivity index (χ2n) is 5.07. The van der Waals surface area contributed by atoms with Crippen molar-refractivity contribution in [3.63, 3.8) is 0 Å². The number of phenols is 1. The number of benzene rings is 2. The lowest BCUT2D eigenvalue weighted by Crippen LogP contribution is -2.22. The molecule has 2 aromatic carbocycles. The average molecular weight is 277 g/mol. The maximum Gasteiger partial charge on any atom is 0.145 e. The first-order valence-corrected chi connectivity index (χ1v) is 7.02. The molecule has 1 aliphatic heterocycles. The van der Waals surface area contributed by atoms with Gasteiger partial charge in [0.25, 0.3) is 0 Å². The molecule has 1 aliphatic rings. The van der Waals surface area contributed by atoms with E-state index in [1.807, 2.05) is 36.4 Å². The molecule has 2 heterocycles. The summed E-state index contributed by atoms with van der Waals surface area (Å²) in [5.74, 6) is 1.18. The summed E-state index contributed by atoms with van der Waals surface area (Å²) in [6, 6.07) is 17.7. The highest BCUT2D eigenvalue weighted by Gasteiger charge is 2.18. The van der Waals surface area contributed by atoms with Gasteiger partial charge in [-0.3, -0.25) is 4.99 Å². The number of fused-ring (bicyclic) bond motifs is 1. The molecule has 3 aromatic rings. The van der Waals surface area contributed by atoms with Gasteiger partial charge in [0.15, 0.2) is 0 Å². The molecule has 4 heteroatoms. The Labute approximate surface area is 122 Å². The molecule has 21 heavy (non-hydrogen) atoms. The molecular weight excluding hydrogens is 262 g/mol. The highest BCUT2D eigenvalue weighted by atomic mass is 16.3. The van der Waals surface area contributed by atoms with Gasteiger partial charge < -0.3 is 15.0 Å². The third-order valence-electron chi connectivity index (χ3n) is 3.75. The van der Waals surface area contributed by atoms with Crippen LogP contribution in [0.2, 0.25) is 0 Å². The zero-order valence-corrected chi connectivity index (χ0v) is 11.5. The minimum atomic E-state index is 0.294. The fourth-order valence-corrected chi connectivity index (χ4v) is 2.81. The molecule has 4 rings (SSSR count). The van der Waals surface area contributed by atoms with Crippen LogP contribution < -0.4 is 5.32 Å². The normalized spacial score (nSPS) is 14.2. The van der Waals surface area contributed by atoms with E-state index in [1.165, 1.54) is 0 Å². The second kappa shape index (κ2) is 4.66. The summed E-state index contributed by atoms with van der Waals surface area (Å²) in [6.45, 7) is 1.65. The molecule has 2 N–H and O–H groups in total. The minimum absolute atomic E-state index is 0.294. The average Bonchev–Trinajstić information content (AvgIpc) is 3.16. The number of hydrogen-bond donors (Lipinski definition) is 2. The van der Waals surface area contributed by atoms with Crippen molar-refractivity contribution in [3.05, 3.63) is 60.3 Å². The molecule has 0 saturated heterocycles. The quantitative estimate of drug-likeness (QED) is 0.756. The number of nitrogens with zero attached hydrogens (tertiary/aromatic N) is 2. The van der Waals surface area contributed by atoms with Crippen LogP contribution in [0.25, 0.3) is 16.6 Å². The predicted molar refractivity (Wildman–Crippen MR) is 84.3 cm³/mol. The van der Waals surface area contributed by atoms with Gasteiger partial charge in [-0.1, -0.05) is 24.3 Å². The molecule has 0 aliphatic carbocycles. The van der Waals surface area contributed by atoms with E-state index in [0.29, 0.717) is 5.75 Å². The van der Waals surface area contributed by atoms with Crippen molar-refractivity contribution in [3.8, 4) is 11.4 Å². The standard InChI is InChI=1S/C17H15N3O/c21-16-8-4-7-14-13(16)11-15(17-18-9-10-19-17)20(14)12-5-2-1-3-6-12/h1-8,11,21H,9-10H2,(H,18,19). The van der Waals surface area contributed by atoms with Gasteiger partial charge in [-0.05, 0) is 30.3 Å². The first-order chi connectivity index (χ1) is 10.3. The van der Waals surface area contributed by atoms with Crippen LogP contribution in [0, 0.1) is 0 Å². The second-order valence-corrected chi connectivity index (χ2v) is 5.07. The van der Waals surface area contributed by atoms with Gasteiger partial charge in [-0.25, -0.2) is 0 Å². The lowest BCUT2D eigenvalue weighted by atomic mass is 10.2. The zero-order chi connectivity index (χ0) is 14.2. The maximum atomic E-state index is 10.1. The van der Waals surface area contributed by atoms with Gasteiger partial charge in [0.1, 0.15) is 11.6 Å². The molecule has 4 nitrogen and oxygen atoms in total. The number of amidine groups is 1. The topological polar surface area (TPSA) is 49.6 Å². The first kappa shape index (κ1) is 12.0. The highest BCUT2D eigenvalue weighted by molar-refractivity contribution is 6.04. The van der Waals surface area contributed by atoms with Gasteiger partial charge in [-0.2, -0.15) is 0 Å².